The van der Waals surface area contributed by atoms with Crippen molar-refractivity contribution >= 4 is 9.84 Å². The lowest BCUT2D eigenvalue weighted by molar-refractivity contribution is 0.277. The summed E-state index contributed by atoms with van der Waals surface area (Å²) in [7, 11) is -3.03. The topological polar surface area (TPSA) is 34.1 Å². The van der Waals surface area contributed by atoms with Crippen LogP contribution in [0.3, 0.4) is 0 Å². The lowest BCUT2D eigenvalue weighted by atomic mass is 9.80. The molecule has 0 spiro atoms. The van der Waals surface area contributed by atoms with E-state index < -0.39 is 14.6 Å². The van der Waals surface area contributed by atoms with Gasteiger partial charge in [0, 0.05) is 0 Å². The molecule has 0 unspecified atom stereocenters. The first-order valence-corrected chi connectivity index (χ1v) is 10.3. The summed E-state index contributed by atoms with van der Waals surface area (Å²) < 4.78 is 37.6. The highest BCUT2D eigenvalue weighted by atomic mass is 32.2. The Bertz CT molecular complexity index is 609. The molecule has 0 aliphatic heterocycles. The van der Waals surface area contributed by atoms with Crippen LogP contribution in [-0.2, 0) is 16.3 Å². The van der Waals surface area contributed by atoms with E-state index in [2.05, 4.69) is 0 Å². The van der Waals surface area contributed by atoms with Crippen molar-refractivity contribution in [1.29, 1.82) is 0 Å². The Morgan fingerprint density at radius 3 is 2.17 bits per heavy atom. The molecule has 1 fully saturated rings. The molecule has 0 heterocycles. The summed E-state index contributed by atoms with van der Waals surface area (Å²) in [5.41, 5.74) is 0.796. The zero-order valence-electron chi connectivity index (χ0n) is 14.5. The van der Waals surface area contributed by atoms with Gasteiger partial charge in [-0.15, -0.1) is 0 Å². The normalized spacial score (nSPS) is 23.0. The SMILES string of the molecule is CC(C)(C)S(=O)(=O)CC1CCC(CCc2ccccc2F)CC1. The number of aryl methyl sites for hydroxylation is 1. The van der Waals surface area contributed by atoms with Crippen LogP contribution in [0.2, 0.25) is 0 Å². The van der Waals surface area contributed by atoms with E-state index in [4.69, 9.17) is 0 Å². The Hall–Kier alpha value is -0.900. The molecule has 2 rings (SSSR count). The Balaban J connectivity index is 1.79. The highest BCUT2D eigenvalue weighted by Gasteiger charge is 2.33. The maximum atomic E-state index is 13.6. The number of sulfone groups is 1. The molecule has 1 aliphatic carbocycles. The van der Waals surface area contributed by atoms with Crippen LogP contribution in [0.15, 0.2) is 24.3 Å². The molecule has 130 valence electrons. The minimum absolute atomic E-state index is 0.113. The fourth-order valence-electron chi connectivity index (χ4n) is 3.31. The van der Waals surface area contributed by atoms with Crippen molar-refractivity contribution in [3.63, 3.8) is 0 Å². The molecule has 0 N–H and O–H groups in total. The summed E-state index contributed by atoms with van der Waals surface area (Å²) in [6.45, 7) is 5.34. The van der Waals surface area contributed by atoms with E-state index in [1.54, 1.807) is 26.8 Å². The molecular weight excluding hydrogens is 311 g/mol. The third kappa shape index (κ3) is 5.03. The first kappa shape index (κ1) is 18.4. The predicted octanol–water partition coefficient (Wildman–Crippen LogP) is 4.78. The first-order valence-electron chi connectivity index (χ1n) is 8.65. The minimum Gasteiger partial charge on any atom is -0.228 e. The van der Waals surface area contributed by atoms with Crippen LogP contribution in [0.1, 0.15) is 58.4 Å². The van der Waals surface area contributed by atoms with E-state index >= 15 is 0 Å². The van der Waals surface area contributed by atoms with Crippen molar-refractivity contribution in [3.8, 4) is 0 Å². The zero-order valence-corrected chi connectivity index (χ0v) is 15.3. The van der Waals surface area contributed by atoms with Gasteiger partial charge >= 0.3 is 0 Å². The third-order valence-electron chi connectivity index (χ3n) is 5.13. The molecule has 1 aromatic rings. The molecule has 1 aliphatic rings. The van der Waals surface area contributed by atoms with Gasteiger partial charge in [-0.3, -0.25) is 0 Å². The molecule has 0 saturated heterocycles. The molecule has 1 saturated carbocycles. The smallest absolute Gasteiger partial charge is 0.155 e. The summed E-state index contributed by atoms with van der Waals surface area (Å²) in [6.07, 6.45) is 5.88. The molecule has 1 aromatic carbocycles. The number of rotatable bonds is 5. The Morgan fingerprint density at radius 1 is 1.04 bits per heavy atom. The number of halogens is 1. The lowest BCUT2D eigenvalue weighted by Crippen LogP contribution is -2.34. The maximum absolute atomic E-state index is 13.6. The summed E-state index contributed by atoms with van der Waals surface area (Å²) >= 11 is 0. The summed E-state index contributed by atoms with van der Waals surface area (Å²) in [5, 5.41) is 0. The van der Waals surface area contributed by atoms with Crippen molar-refractivity contribution < 1.29 is 12.8 Å². The first-order chi connectivity index (χ1) is 10.7. The Kier molecular flexibility index (Phi) is 5.88. The molecule has 0 amide bonds. The molecule has 23 heavy (non-hydrogen) atoms. The van der Waals surface area contributed by atoms with Gasteiger partial charge in [0.2, 0.25) is 0 Å². The van der Waals surface area contributed by atoms with Crippen LogP contribution in [0.4, 0.5) is 4.39 Å². The zero-order chi connectivity index (χ0) is 17.1. The van der Waals surface area contributed by atoms with Crippen LogP contribution < -0.4 is 0 Å². The van der Waals surface area contributed by atoms with Crippen LogP contribution in [-0.4, -0.2) is 18.9 Å². The monoisotopic (exact) mass is 340 g/mol. The number of hydrogen-bond donors (Lipinski definition) is 0. The standard InChI is InChI=1S/C19H29FO2S/c1-19(2,3)23(21,22)14-16-10-8-15(9-11-16)12-13-17-6-4-5-7-18(17)20/h4-7,15-16H,8-14H2,1-3H3. The average molecular weight is 341 g/mol. The van der Waals surface area contributed by atoms with Crippen LogP contribution >= 0.6 is 0 Å². The molecule has 0 atom stereocenters. The van der Waals surface area contributed by atoms with Gasteiger partial charge in [0.15, 0.2) is 9.84 Å². The van der Waals surface area contributed by atoms with Gasteiger partial charge in [-0.25, -0.2) is 12.8 Å². The van der Waals surface area contributed by atoms with Crippen molar-refractivity contribution in [2.75, 3.05) is 5.75 Å². The molecule has 0 radical (unpaired) electrons. The average Bonchev–Trinajstić information content (AvgIpc) is 2.46. The van der Waals surface area contributed by atoms with E-state index in [9.17, 15) is 12.8 Å². The van der Waals surface area contributed by atoms with E-state index in [-0.39, 0.29) is 5.82 Å². The van der Waals surface area contributed by atoms with Gasteiger partial charge in [0.05, 0.1) is 10.5 Å². The van der Waals surface area contributed by atoms with Gasteiger partial charge in [-0.2, -0.15) is 0 Å². The number of hydrogen-bond acceptors (Lipinski definition) is 2. The lowest BCUT2D eigenvalue weighted by Gasteiger charge is -2.30. The largest absolute Gasteiger partial charge is 0.228 e. The second-order valence-electron chi connectivity index (χ2n) is 7.91. The summed E-state index contributed by atoms with van der Waals surface area (Å²) in [5.74, 6) is 1.10. The highest BCUT2D eigenvalue weighted by Crippen LogP contribution is 2.34. The van der Waals surface area contributed by atoms with Gasteiger partial charge < -0.3 is 0 Å². The number of benzene rings is 1. The van der Waals surface area contributed by atoms with Crippen molar-refractivity contribution in [3.05, 3.63) is 35.6 Å². The van der Waals surface area contributed by atoms with Crippen molar-refractivity contribution in [2.45, 2.75) is 64.0 Å². The summed E-state index contributed by atoms with van der Waals surface area (Å²) in [6, 6.07) is 6.98. The molecule has 4 heteroatoms. The van der Waals surface area contributed by atoms with E-state index in [1.165, 1.54) is 6.07 Å². The Morgan fingerprint density at radius 2 is 1.61 bits per heavy atom. The van der Waals surface area contributed by atoms with Crippen LogP contribution in [0, 0.1) is 17.7 Å². The summed E-state index contributed by atoms with van der Waals surface area (Å²) in [4.78, 5) is 0. The molecule has 2 nitrogen and oxygen atoms in total. The van der Waals surface area contributed by atoms with E-state index in [1.807, 2.05) is 12.1 Å². The van der Waals surface area contributed by atoms with Crippen LogP contribution in [0.5, 0.6) is 0 Å². The van der Waals surface area contributed by atoms with Crippen molar-refractivity contribution in [1.82, 2.24) is 0 Å². The highest BCUT2D eigenvalue weighted by molar-refractivity contribution is 7.92. The van der Waals surface area contributed by atoms with Gasteiger partial charge in [-0.1, -0.05) is 31.0 Å². The fourth-order valence-corrected chi connectivity index (χ4v) is 4.76. The molecule has 0 aromatic heterocycles. The van der Waals surface area contributed by atoms with Gasteiger partial charge in [0.1, 0.15) is 5.82 Å². The van der Waals surface area contributed by atoms with Gasteiger partial charge in [0.25, 0.3) is 0 Å². The van der Waals surface area contributed by atoms with Gasteiger partial charge in [-0.05, 0) is 69.9 Å². The second kappa shape index (κ2) is 7.33. The predicted molar refractivity (Wildman–Crippen MR) is 93.7 cm³/mol. The minimum atomic E-state index is -3.03. The van der Waals surface area contributed by atoms with E-state index in [0.717, 1.165) is 44.1 Å². The fraction of sp³-hybridized carbons (Fsp3) is 0.684. The van der Waals surface area contributed by atoms with E-state index in [0.29, 0.717) is 17.6 Å². The quantitative estimate of drug-likeness (QED) is 0.773. The molecule has 0 bridgehead atoms. The molecular formula is C19H29FO2S. The van der Waals surface area contributed by atoms with Crippen molar-refractivity contribution in [2.24, 2.45) is 11.8 Å². The third-order valence-corrected chi connectivity index (χ3v) is 7.91. The Labute approximate surface area is 140 Å². The van der Waals surface area contributed by atoms with Crippen LogP contribution in [0.25, 0.3) is 0 Å². The maximum Gasteiger partial charge on any atom is 0.155 e. The second-order valence-corrected chi connectivity index (χ2v) is 10.7.